The van der Waals surface area contributed by atoms with Gasteiger partial charge in [-0.15, -0.1) is 0 Å². The lowest BCUT2D eigenvalue weighted by molar-refractivity contribution is 0.266. The first-order valence-electron chi connectivity index (χ1n) is 7.18. The van der Waals surface area contributed by atoms with Crippen LogP contribution >= 0.6 is 0 Å². The van der Waals surface area contributed by atoms with E-state index >= 15 is 0 Å². The maximum atomic E-state index is 13.7. The van der Waals surface area contributed by atoms with E-state index in [4.69, 9.17) is 5.73 Å². The SMILES string of the molecule is CN1CCCN(CCC(N)c2cccc(F)c2F)CC1. The van der Waals surface area contributed by atoms with E-state index in [1.54, 1.807) is 6.07 Å². The summed E-state index contributed by atoms with van der Waals surface area (Å²) < 4.78 is 26.8. The highest BCUT2D eigenvalue weighted by Crippen LogP contribution is 2.20. The summed E-state index contributed by atoms with van der Waals surface area (Å²) in [6, 6.07) is 3.75. The van der Waals surface area contributed by atoms with Crippen LogP contribution in [0.25, 0.3) is 0 Å². The average molecular weight is 283 g/mol. The van der Waals surface area contributed by atoms with E-state index in [1.165, 1.54) is 6.07 Å². The van der Waals surface area contributed by atoms with Crippen molar-refractivity contribution in [1.29, 1.82) is 0 Å². The lowest BCUT2D eigenvalue weighted by atomic mass is 10.0. The highest BCUT2D eigenvalue weighted by molar-refractivity contribution is 5.22. The molecular weight excluding hydrogens is 260 g/mol. The summed E-state index contributed by atoms with van der Waals surface area (Å²) in [5.74, 6) is -1.63. The van der Waals surface area contributed by atoms with Gasteiger partial charge in [0.25, 0.3) is 0 Å². The molecule has 0 saturated carbocycles. The van der Waals surface area contributed by atoms with Crippen molar-refractivity contribution >= 4 is 0 Å². The fraction of sp³-hybridized carbons (Fsp3) is 0.600. The van der Waals surface area contributed by atoms with Crippen molar-refractivity contribution in [2.24, 2.45) is 5.73 Å². The van der Waals surface area contributed by atoms with Gasteiger partial charge < -0.3 is 15.5 Å². The van der Waals surface area contributed by atoms with Gasteiger partial charge in [0.1, 0.15) is 0 Å². The minimum absolute atomic E-state index is 0.275. The molecule has 0 radical (unpaired) electrons. The van der Waals surface area contributed by atoms with Crippen LogP contribution in [0.5, 0.6) is 0 Å². The maximum Gasteiger partial charge on any atom is 0.163 e. The van der Waals surface area contributed by atoms with Crippen molar-refractivity contribution in [3.8, 4) is 0 Å². The molecule has 112 valence electrons. The fourth-order valence-electron chi connectivity index (χ4n) is 2.61. The summed E-state index contributed by atoms with van der Waals surface area (Å²) in [5, 5.41) is 0. The monoisotopic (exact) mass is 283 g/mol. The van der Waals surface area contributed by atoms with Crippen molar-refractivity contribution in [2.45, 2.75) is 18.9 Å². The van der Waals surface area contributed by atoms with Crippen LogP contribution in [0.2, 0.25) is 0 Å². The number of hydrogen-bond donors (Lipinski definition) is 1. The summed E-state index contributed by atoms with van der Waals surface area (Å²) >= 11 is 0. The third kappa shape index (κ3) is 3.98. The zero-order valence-corrected chi connectivity index (χ0v) is 12.0. The van der Waals surface area contributed by atoms with Crippen LogP contribution in [-0.2, 0) is 0 Å². The molecule has 1 aliphatic heterocycles. The predicted molar refractivity (Wildman–Crippen MR) is 76.5 cm³/mol. The molecule has 0 spiro atoms. The summed E-state index contributed by atoms with van der Waals surface area (Å²) in [7, 11) is 2.12. The van der Waals surface area contributed by atoms with Gasteiger partial charge in [0.2, 0.25) is 0 Å². The normalized spacial score (nSPS) is 19.8. The minimum atomic E-state index is -0.825. The number of benzene rings is 1. The molecule has 1 aromatic carbocycles. The number of halogens is 2. The molecule has 5 heteroatoms. The van der Waals surface area contributed by atoms with Gasteiger partial charge in [-0.25, -0.2) is 8.78 Å². The van der Waals surface area contributed by atoms with Crippen LogP contribution in [0.3, 0.4) is 0 Å². The van der Waals surface area contributed by atoms with Crippen molar-refractivity contribution < 1.29 is 8.78 Å². The molecule has 1 aliphatic rings. The van der Waals surface area contributed by atoms with Crippen LogP contribution in [0.4, 0.5) is 8.78 Å². The van der Waals surface area contributed by atoms with Gasteiger partial charge in [0.15, 0.2) is 11.6 Å². The fourth-order valence-corrected chi connectivity index (χ4v) is 2.61. The van der Waals surface area contributed by atoms with Crippen LogP contribution in [0, 0.1) is 11.6 Å². The Labute approximate surface area is 119 Å². The lowest BCUT2D eigenvalue weighted by Gasteiger charge is -2.22. The lowest BCUT2D eigenvalue weighted by Crippen LogP contribution is -2.31. The van der Waals surface area contributed by atoms with Crippen LogP contribution in [0.15, 0.2) is 18.2 Å². The standard InChI is InChI=1S/C15H23F2N3/c1-19-7-3-8-20(11-10-19)9-6-14(18)12-4-2-5-13(16)15(12)17/h2,4-5,14H,3,6-11,18H2,1H3. The van der Waals surface area contributed by atoms with E-state index in [2.05, 4.69) is 16.8 Å². The van der Waals surface area contributed by atoms with Gasteiger partial charge in [0.05, 0.1) is 0 Å². The Morgan fingerprint density at radius 1 is 1.20 bits per heavy atom. The van der Waals surface area contributed by atoms with E-state index in [-0.39, 0.29) is 5.56 Å². The number of hydrogen-bond acceptors (Lipinski definition) is 3. The Kier molecular flexibility index (Phi) is 5.46. The van der Waals surface area contributed by atoms with Gasteiger partial charge in [0, 0.05) is 24.7 Å². The minimum Gasteiger partial charge on any atom is -0.324 e. The van der Waals surface area contributed by atoms with Gasteiger partial charge >= 0.3 is 0 Å². The molecule has 0 amide bonds. The smallest absolute Gasteiger partial charge is 0.163 e. The van der Waals surface area contributed by atoms with Crippen molar-refractivity contribution in [2.75, 3.05) is 39.8 Å². The highest BCUT2D eigenvalue weighted by atomic mass is 19.2. The van der Waals surface area contributed by atoms with Gasteiger partial charge in [-0.2, -0.15) is 0 Å². The number of likely N-dealkylation sites (N-methyl/N-ethyl adjacent to an activating group) is 1. The van der Waals surface area contributed by atoms with E-state index in [0.29, 0.717) is 6.42 Å². The van der Waals surface area contributed by atoms with Gasteiger partial charge in [-0.1, -0.05) is 12.1 Å². The molecule has 0 aromatic heterocycles. The van der Waals surface area contributed by atoms with E-state index in [0.717, 1.165) is 45.2 Å². The summed E-state index contributed by atoms with van der Waals surface area (Å²) in [6.07, 6.45) is 1.78. The molecule has 1 fully saturated rings. The Morgan fingerprint density at radius 2 is 2.00 bits per heavy atom. The molecule has 3 nitrogen and oxygen atoms in total. The first-order valence-corrected chi connectivity index (χ1v) is 7.18. The number of rotatable bonds is 4. The first kappa shape index (κ1) is 15.4. The molecule has 2 N–H and O–H groups in total. The Hall–Kier alpha value is -1.04. The number of nitrogens with zero attached hydrogens (tertiary/aromatic N) is 2. The molecular formula is C15H23F2N3. The van der Waals surface area contributed by atoms with Crippen molar-refractivity contribution in [3.05, 3.63) is 35.4 Å². The second-order valence-corrected chi connectivity index (χ2v) is 5.54. The van der Waals surface area contributed by atoms with Crippen LogP contribution in [0.1, 0.15) is 24.4 Å². The van der Waals surface area contributed by atoms with E-state index in [1.807, 2.05) is 0 Å². The zero-order valence-electron chi connectivity index (χ0n) is 12.0. The maximum absolute atomic E-state index is 13.7. The highest BCUT2D eigenvalue weighted by Gasteiger charge is 2.17. The van der Waals surface area contributed by atoms with Crippen molar-refractivity contribution in [3.63, 3.8) is 0 Å². The molecule has 1 saturated heterocycles. The van der Waals surface area contributed by atoms with Crippen LogP contribution < -0.4 is 5.73 Å². The topological polar surface area (TPSA) is 32.5 Å². The molecule has 1 atom stereocenters. The molecule has 2 rings (SSSR count). The second kappa shape index (κ2) is 7.11. The van der Waals surface area contributed by atoms with Gasteiger partial charge in [-0.05, 0) is 45.6 Å². The molecule has 1 aromatic rings. The molecule has 0 aliphatic carbocycles. The molecule has 1 heterocycles. The molecule has 1 unspecified atom stereocenters. The first-order chi connectivity index (χ1) is 9.58. The largest absolute Gasteiger partial charge is 0.324 e. The third-order valence-electron chi connectivity index (χ3n) is 3.95. The predicted octanol–water partition coefficient (Wildman–Crippen LogP) is 1.99. The van der Waals surface area contributed by atoms with E-state index < -0.39 is 17.7 Å². The summed E-state index contributed by atoms with van der Waals surface area (Å²) in [4.78, 5) is 4.66. The Bertz CT molecular complexity index is 439. The molecule has 20 heavy (non-hydrogen) atoms. The number of nitrogens with two attached hydrogens (primary N) is 1. The summed E-state index contributed by atoms with van der Waals surface area (Å²) in [6.45, 7) is 5.03. The second-order valence-electron chi connectivity index (χ2n) is 5.54. The third-order valence-corrected chi connectivity index (χ3v) is 3.95. The Balaban J connectivity index is 1.88. The average Bonchev–Trinajstić information content (AvgIpc) is 2.64. The molecule has 0 bridgehead atoms. The zero-order chi connectivity index (χ0) is 14.5. The van der Waals surface area contributed by atoms with Gasteiger partial charge in [-0.3, -0.25) is 0 Å². The van der Waals surface area contributed by atoms with Crippen molar-refractivity contribution in [1.82, 2.24) is 9.80 Å². The quantitative estimate of drug-likeness (QED) is 0.917. The summed E-state index contributed by atoms with van der Waals surface area (Å²) in [5.41, 5.74) is 6.28. The van der Waals surface area contributed by atoms with Crippen LogP contribution in [-0.4, -0.2) is 49.6 Å². The Morgan fingerprint density at radius 3 is 2.80 bits per heavy atom. The van der Waals surface area contributed by atoms with E-state index in [9.17, 15) is 8.78 Å².